The minimum absolute atomic E-state index is 0.0632. The van der Waals surface area contributed by atoms with Crippen LogP contribution in [-0.2, 0) is 16.4 Å². The van der Waals surface area contributed by atoms with Gasteiger partial charge in [0.1, 0.15) is 5.82 Å². The minimum Gasteiger partial charge on any atom is -0.348 e. The first kappa shape index (κ1) is 19.8. The van der Waals surface area contributed by atoms with Gasteiger partial charge in [-0.2, -0.15) is 0 Å². The van der Waals surface area contributed by atoms with Crippen molar-refractivity contribution in [3.63, 3.8) is 0 Å². The largest absolute Gasteiger partial charge is 0.348 e. The number of anilines is 1. The van der Waals surface area contributed by atoms with Crippen LogP contribution in [0, 0.1) is 5.82 Å². The van der Waals surface area contributed by atoms with E-state index in [1.807, 2.05) is 0 Å². The molecule has 1 aliphatic rings. The lowest BCUT2D eigenvalue weighted by atomic mass is 10.1. The van der Waals surface area contributed by atoms with Gasteiger partial charge in [-0.15, -0.1) is 0 Å². The molecular weight excluding hydrogens is 385 g/mol. The fourth-order valence-corrected chi connectivity index (χ4v) is 4.56. The fraction of sp³-hybridized carbons (Fsp3) is 0.263. The Balaban J connectivity index is 1.54. The molecule has 2 aromatic rings. The summed E-state index contributed by atoms with van der Waals surface area (Å²) < 4.78 is 35.8. The van der Waals surface area contributed by atoms with Crippen molar-refractivity contribution in [2.75, 3.05) is 16.8 Å². The Morgan fingerprint density at radius 3 is 2.54 bits per heavy atom. The number of urea groups is 1. The van der Waals surface area contributed by atoms with Crippen LogP contribution in [0.25, 0.3) is 0 Å². The highest BCUT2D eigenvalue weighted by Crippen LogP contribution is 2.13. The summed E-state index contributed by atoms with van der Waals surface area (Å²) in [6.45, 7) is 0.243. The Bertz CT molecular complexity index is 977. The van der Waals surface area contributed by atoms with Crippen LogP contribution in [0.4, 0.5) is 14.9 Å². The van der Waals surface area contributed by atoms with Gasteiger partial charge in [-0.3, -0.25) is 4.79 Å². The first-order chi connectivity index (χ1) is 13.3. The summed E-state index contributed by atoms with van der Waals surface area (Å²) in [7, 11) is -3.08. The number of carbonyl (C=O) groups is 2. The SMILES string of the molecule is O=C(Nc1cccc(C(=O)NCc2ccc(F)cc2)c1)NC1CCS(=O)(=O)C1. The van der Waals surface area contributed by atoms with Crippen LogP contribution in [0.1, 0.15) is 22.3 Å². The van der Waals surface area contributed by atoms with Gasteiger partial charge in [-0.05, 0) is 42.3 Å². The molecular formula is C19H20FN3O4S. The average Bonchev–Trinajstić information content (AvgIpc) is 2.99. The Hall–Kier alpha value is -2.94. The van der Waals surface area contributed by atoms with Crippen LogP contribution in [0.15, 0.2) is 48.5 Å². The quantitative estimate of drug-likeness (QED) is 0.708. The van der Waals surface area contributed by atoms with Crippen molar-refractivity contribution in [1.29, 1.82) is 0 Å². The minimum atomic E-state index is -3.08. The van der Waals surface area contributed by atoms with E-state index in [0.717, 1.165) is 5.56 Å². The van der Waals surface area contributed by atoms with E-state index in [1.54, 1.807) is 30.3 Å². The van der Waals surface area contributed by atoms with Crippen molar-refractivity contribution in [1.82, 2.24) is 10.6 Å². The highest BCUT2D eigenvalue weighted by atomic mass is 32.2. The molecule has 1 aliphatic heterocycles. The van der Waals surface area contributed by atoms with Crippen molar-refractivity contribution >= 4 is 27.5 Å². The monoisotopic (exact) mass is 405 g/mol. The lowest BCUT2D eigenvalue weighted by Crippen LogP contribution is -2.38. The Kier molecular flexibility index (Phi) is 5.93. The first-order valence-electron chi connectivity index (χ1n) is 8.71. The van der Waals surface area contributed by atoms with Gasteiger partial charge in [0.15, 0.2) is 9.84 Å². The van der Waals surface area contributed by atoms with Gasteiger partial charge >= 0.3 is 6.03 Å². The molecule has 7 nitrogen and oxygen atoms in total. The molecule has 0 bridgehead atoms. The second-order valence-corrected chi connectivity index (χ2v) is 8.82. The number of halogens is 1. The van der Waals surface area contributed by atoms with E-state index in [9.17, 15) is 22.4 Å². The molecule has 9 heteroatoms. The molecule has 148 valence electrons. The molecule has 3 rings (SSSR count). The molecule has 0 aliphatic carbocycles. The topological polar surface area (TPSA) is 104 Å². The maximum absolute atomic E-state index is 12.9. The molecule has 1 saturated heterocycles. The number of sulfone groups is 1. The molecule has 0 saturated carbocycles. The zero-order valence-electron chi connectivity index (χ0n) is 14.9. The normalized spacial score (nSPS) is 17.7. The number of hydrogen-bond donors (Lipinski definition) is 3. The molecule has 1 heterocycles. The third-order valence-corrected chi connectivity index (χ3v) is 6.08. The highest BCUT2D eigenvalue weighted by molar-refractivity contribution is 7.91. The fourth-order valence-electron chi connectivity index (χ4n) is 2.89. The summed E-state index contributed by atoms with van der Waals surface area (Å²) in [5.74, 6) is -0.675. The molecule has 1 atom stereocenters. The molecule has 1 fully saturated rings. The zero-order chi connectivity index (χ0) is 20.1. The van der Waals surface area contributed by atoms with E-state index in [0.29, 0.717) is 17.7 Å². The maximum atomic E-state index is 12.9. The third-order valence-electron chi connectivity index (χ3n) is 4.32. The van der Waals surface area contributed by atoms with Crippen molar-refractivity contribution in [2.45, 2.75) is 19.0 Å². The molecule has 1 unspecified atom stereocenters. The van der Waals surface area contributed by atoms with E-state index < -0.39 is 21.9 Å². The van der Waals surface area contributed by atoms with Crippen molar-refractivity contribution in [2.24, 2.45) is 0 Å². The summed E-state index contributed by atoms with van der Waals surface area (Å²) in [5, 5.41) is 7.95. The van der Waals surface area contributed by atoms with Gasteiger partial charge in [0.2, 0.25) is 0 Å². The number of carbonyl (C=O) groups excluding carboxylic acids is 2. The standard InChI is InChI=1S/C19H20FN3O4S/c20-15-6-4-13(5-7-15)11-21-18(24)14-2-1-3-16(10-14)22-19(25)23-17-8-9-28(26,27)12-17/h1-7,10,17H,8-9,11-12H2,(H,21,24)(H2,22,23,25). The summed E-state index contributed by atoms with van der Waals surface area (Å²) >= 11 is 0. The summed E-state index contributed by atoms with van der Waals surface area (Å²) in [6.07, 6.45) is 0.390. The van der Waals surface area contributed by atoms with Crippen molar-refractivity contribution in [3.8, 4) is 0 Å². The predicted molar refractivity (Wildman–Crippen MR) is 103 cm³/mol. The van der Waals surface area contributed by atoms with E-state index >= 15 is 0 Å². The number of nitrogens with one attached hydrogen (secondary N) is 3. The van der Waals surface area contributed by atoms with Crippen LogP contribution in [-0.4, -0.2) is 37.9 Å². The van der Waals surface area contributed by atoms with Gasteiger partial charge in [0, 0.05) is 23.8 Å². The van der Waals surface area contributed by atoms with Crippen LogP contribution in [0.2, 0.25) is 0 Å². The van der Waals surface area contributed by atoms with E-state index in [2.05, 4.69) is 16.0 Å². The van der Waals surface area contributed by atoms with Gasteiger partial charge < -0.3 is 16.0 Å². The summed E-state index contributed by atoms with van der Waals surface area (Å²) in [5.41, 5.74) is 1.52. The number of rotatable bonds is 5. The zero-order valence-corrected chi connectivity index (χ0v) is 15.8. The second-order valence-electron chi connectivity index (χ2n) is 6.59. The van der Waals surface area contributed by atoms with Crippen LogP contribution in [0.3, 0.4) is 0 Å². The highest BCUT2D eigenvalue weighted by Gasteiger charge is 2.28. The predicted octanol–water partition coefficient (Wildman–Crippen LogP) is 2.06. The van der Waals surface area contributed by atoms with Gasteiger partial charge in [-0.25, -0.2) is 17.6 Å². The third kappa shape index (κ3) is 5.53. The molecule has 0 radical (unpaired) electrons. The number of benzene rings is 2. The first-order valence-corrected chi connectivity index (χ1v) is 10.5. The van der Waals surface area contributed by atoms with E-state index in [1.165, 1.54) is 18.2 Å². The molecule has 28 heavy (non-hydrogen) atoms. The average molecular weight is 405 g/mol. The Morgan fingerprint density at radius 1 is 1.11 bits per heavy atom. The Labute approximate surface area is 162 Å². The summed E-state index contributed by atoms with van der Waals surface area (Å²) in [4.78, 5) is 24.3. The van der Waals surface area contributed by atoms with E-state index in [4.69, 9.17) is 0 Å². The molecule has 0 spiro atoms. The van der Waals surface area contributed by atoms with E-state index in [-0.39, 0.29) is 29.8 Å². The molecule has 3 amide bonds. The van der Waals surface area contributed by atoms with Crippen LogP contribution >= 0.6 is 0 Å². The van der Waals surface area contributed by atoms with Crippen LogP contribution in [0.5, 0.6) is 0 Å². The molecule has 3 N–H and O–H groups in total. The van der Waals surface area contributed by atoms with Gasteiger partial charge in [-0.1, -0.05) is 18.2 Å². The molecule has 0 aromatic heterocycles. The second kappa shape index (κ2) is 8.39. The van der Waals surface area contributed by atoms with Crippen LogP contribution < -0.4 is 16.0 Å². The Morgan fingerprint density at radius 2 is 1.86 bits per heavy atom. The lowest BCUT2D eigenvalue weighted by Gasteiger charge is -2.13. The van der Waals surface area contributed by atoms with Crippen molar-refractivity contribution < 1.29 is 22.4 Å². The lowest BCUT2D eigenvalue weighted by molar-refractivity contribution is 0.0951. The van der Waals surface area contributed by atoms with Gasteiger partial charge in [0.25, 0.3) is 5.91 Å². The molecule has 2 aromatic carbocycles. The smallest absolute Gasteiger partial charge is 0.319 e. The van der Waals surface area contributed by atoms with Crippen molar-refractivity contribution in [3.05, 3.63) is 65.5 Å². The number of amides is 3. The maximum Gasteiger partial charge on any atom is 0.319 e. The summed E-state index contributed by atoms with van der Waals surface area (Å²) in [6, 6.07) is 11.3. The van der Waals surface area contributed by atoms with Gasteiger partial charge in [0.05, 0.1) is 11.5 Å². The number of hydrogen-bond acceptors (Lipinski definition) is 4.